The molecular formula is C37H44ClF2N3O6. The Bertz CT molecular complexity index is 1840. The number of aliphatic hydroxyl groups is 1. The number of halogens is 3. The van der Waals surface area contributed by atoms with Crippen LogP contribution in [0.4, 0.5) is 14.6 Å². The van der Waals surface area contributed by atoms with Crippen molar-refractivity contribution in [3.63, 3.8) is 0 Å². The highest BCUT2D eigenvalue weighted by Gasteiger charge is 2.34. The molecule has 4 aromatic rings. The molecule has 0 unspecified atom stereocenters. The number of anilines is 1. The minimum absolute atomic E-state index is 0.141. The Balaban J connectivity index is 0.000000874. The summed E-state index contributed by atoms with van der Waals surface area (Å²) in [5.41, 5.74) is 4.21. The number of imidazole rings is 1. The Morgan fingerprint density at radius 1 is 1.00 bits per heavy atom. The summed E-state index contributed by atoms with van der Waals surface area (Å²) >= 11 is 7.16. The zero-order valence-corrected chi connectivity index (χ0v) is 29.6. The number of rotatable bonds is 2. The summed E-state index contributed by atoms with van der Waals surface area (Å²) in [7, 11) is 0. The molecule has 264 valence electrons. The third-order valence-corrected chi connectivity index (χ3v) is 9.08. The molecule has 2 aromatic heterocycles. The fraction of sp³-hybridized carbons (Fsp3) is 0.459. The number of aryl methyl sites for hydroxylation is 1. The Morgan fingerprint density at radius 3 is 2.31 bits per heavy atom. The molecule has 1 fully saturated rings. The van der Waals surface area contributed by atoms with Gasteiger partial charge in [-0.15, -0.1) is 0 Å². The fourth-order valence-corrected chi connectivity index (χ4v) is 6.44. The van der Waals surface area contributed by atoms with Gasteiger partial charge in [0.2, 0.25) is 0 Å². The number of aromatic nitrogens is 2. The van der Waals surface area contributed by atoms with E-state index >= 15 is 0 Å². The Morgan fingerprint density at radius 2 is 1.63 bits per heavy atom. The van der Waals surface area contributed by atoms with Crippen LogP contribution in [0.3, 0.4) is 0 Å². The number of hydrogen-bond acceptors (Lipinski definition) is 7. The molecule has 0 amide bonds. The van der Waals surface area contributed by atoms with Crippen molar-refractivity contribution in [1.82, 2.24) is 9.38 Å². The SMILES string of the molecule is CC(C)(C)O.Cc1c(CC(=O)O)c2n3c(Cl)c(nc3c1C)-c1cccc(c1)-c1cc(F)c(F)cc1OCCOCCOC1(C)CCN2CC1. The summed E-state index contributed by atoms with van der Waals surface area (Å²) in [4.78, 5) is 19.2. The van der Waals surface area contributed by atoms with Crippen LogP contribution in [0.25, 0.3) is 28.0 Å². The van der Waals surface area contributed by atoms with Crippen molar-refractivity contribution in [1.29, 1.82) is 0 Å². The van der Waals surface area contributed by atoms with Gasteiger partial charge in [-0.2, -0.15) is 0 Å². The van der Waals surface area contributed by atoms with Gasteiger partial charge in [-0.1, -0.05) is 29.8 Å². The van der Waals surface area contributed by atoms with Crippen molar-refractivity contribution in [2.24, 2.45) is 0 Å². The lowest BCUT2D eigenvalue weighted by molar-refractivity contribution is -0.136. The maximum atomic E-state index is 14.5. The minimum atomic E-state index is -1.01. The quantitative estimate of drug-likeness (QED) is 0.209. The summed E-state index contributed by atoms with van der Waals surface area (Å²) in [5.74, 6) is -2.05. The van der Waals surface area contributed by atoms with Crippen molar-refractivity contribution in [2.75, 3.05) is 44.4 Å². The van der Waals surface area contributed by atoms with E-state index in [1.54, 1.807) is 32.9 Å². The molecule has 0 saturated carbocycles. The Kier molecular flexibility index (Phi) is 10.9. The molecule has 12 heteroatoms. The van der Waals surface area contributed by atoms with Crippen molar-refractivity contribution in [3.05, 3.63) is 69.9 Å². The third kappa shape index (κ3) is 8.34. The van der Waals surface area contributed by atoms with Crippen molar-refractivity contribution >= 4 is 29.0 Å². The number of nitrogens with zero attached hydrogens (tertiary/aromatic N) is 3. The van der Waals surface area contributed by atoms with E-state index in [1.807, 2.05) is 30.4 Å². The summed E-state index contributed by atoms with van der Waals surface area (Å²) < 4.78 is 48.5. The molecule has 6 bridgehead atoms. The number of hydrogen-bond donors (Lipinski definition) is 2. The van der Waals surface area contributed by atoms with Gasteiger partial charge in [0, 0.05) is 35.8 Å². The van der Waals surface area contributed by atoms with E-state index in [9.17, 15) is 18.7 Å². The molecule has 0 spiro atoms. The first-order valence-electron chi connectivity index (χ1n) is 16.4. The van der Waals surface area contributed by atoms with Gasteiger partial charge in [-0.3, -0.25) is 9.20 Å². The highest BCUT2D eigenvalue weighted by Crippen LogP contribution is 2.41. The second-order valence-corrected chi connectivity index (χ2v) is 14.2. The molecule has 7 rings (SSSR count). The fourth-order valence-electron chi connectivity index (χ4n) is 6.12. The smallest absolute Gasteiger partial charge is 0.307 e. The third-order valence-electron chi connectivity index (χ3n) is 8.74. The molecular weight excluding hydrogens is 656 g/mol. The van der Waals surface area contributed by atoms with Gasteiger partial charge < -0.3 is 29.3 Å². The standard InChI is InChI=1S/C33H34ClF2N3O5.C4H10O/c1-19-20(2)31-37-29-22-6-4-5-21(15-22)24-16-25(35)26(36)18-27(24)43-13-11-42-12-14-44-33(3)7-9-38(10-8-33)32(39(31)30(29)34)23(19)17-28(40)41;1-4(2,3)5/h4-6,15-16,18H,7-14,17H2,1-3H3,(H,40,41);5H,1-3H3. The van der Waals surface area contributed by atoms with Crippen molar-refractivity contribution in [3.8, 4) is 28.1 Å². The number of aliphatic carboxylic acids is 1. The molecule has 1 saturated heterocycles. The summed E-state index contributed by atoms with van der Waals surface area (Å²) in [5, 5.41) is 18.7. The van der Waals surface area contributed by atoms with Crippen LogP contribution in [0, 0.1) is 25.5 Å². The van der Waals surface area contributed by atoms with Crippen LogP contribution in [0.5, 0.6) is 5.75 Å². The molecule has 3 aliphatic rings. The summed E-state index contributed by atoms with van der Waals surface area (Å²) in [6.07, 6.45) is 1.27. The monoisotopic (exact) mass is 699 g/mol. The first-order chi connectivity index (χ1) is 23.1. The van der Waals surface area contributed by atoms with Crippen LogP contribution in [0.2, 0.25) is 5.15 Å². The average molecular weight is 700 g/mol. The predicted molar refractivity (Wildman–Crippen MR) is 186 cm³/mol. The number of piperidine rings is 1. The number of benzene rings is 2. The number of fused-ring (bicyclic) bond motifs is 8. The number of carboxylic acid groups (broad SMARTS) is 1. The number of carboxylic acids is 1. The van der Waals surface area contributed by atoms with Gasteiger partial charge in [0.25, 0.3) is 0 Å². The van der Waals surface area contributed by atoms with Gasteiger partial charge in [-0.25, -0.2) is 13.8 Å². The first kappa shape index (κ1) is 36.5. The molecule has 3 aliphatic heterocycles. The second kappa shape index (κ2) is 14.6. The van der Waals surface area contributed by atoms with E-state index < -0.39 is 23.2 Å². The first-order valence-corrected chi connectivity index (χ1v) is 16.8. The van der Waals surface area contributed by atoms with Gasteiger partial charge in [0.05, 0.1) is 37.4 Å². The van der Waals surface area contributed by atoms with E-state index in [-0.39, 0.29) is 31.0 Å². The maximum absolute atomic E-state index is 14.5. The van der Waals surface area contributed by atoms with Crippen molar-refractivity contribution < 1.29 is 38.0 Å². The van der Waals surface area contributed by atoms with Crippen LogP contribution in [0.15, 0.2) is 36.4 Å². The van der Waals surface area contributed by atoms with E-state index in [4.69, 9.17) is 35.9 Å². The van der Waals surface area contributed by atoms with Crippen LogP contribution in [0.1, 0.15) is 57.2 Å². The topological polar surface area (TPSA) is 106 Å². The normalized spacial score (nSPS) is 16.5. The van der Waals surface area contributed by atoms with E-state index in [1.165, 1.54) is 0 Å². The Hall–Kier alpha value is -3.77. The second-order valence-electron chi connectivity index (χ2n) is 13.8. The zero-order valence-electron chi connectivity index (χ0n) is 28.8. The molecule has 49 heavy (non-hydrogen) atoms. The van der Waals surface area contributed by atoms with E-state index in [0.717, 1.165) is 36.1 Å². The van der Waals surface area contributed by atoms with Gasteiger partial charge in [0.1, 0.15) is 34.7 Å². The number of carbonyl (C=O) groups is 1. The zero-order chi connectivity index (χ0) is 35.7. The molecule has 0 radical (unpaired) electrons. The van der Waals surface area contributed by atoms with Crippen LogP contribution in [-0.4, -0.2) is 76.3 Å². The van der Waals surface area contributed by atoms with Crippen LogP contribution < -0.4 is 9.64 Å². The van der Waals surface area contributed by atoms with Gasteiger partial charge in [0.15, 0.2) is 11.6 Å². The highest BCUT2D eigenvalue weighted by atomic mass is 35.5. The summed E-state index contributed by atoms with van der Waals surface area (Å²) in [6.45, 7) is 13.5. The highest BCUT2D eigenvalue weighted by molar-refractivity contribution is 6.32. The summed E-state index contributed by atoms with van der Waals surface area (Å²) in [6, 6.07) is 9.39. The lowest BCUT2D eigenvalue weighted by Gasteiger charge is -2.41. The number of ether oxygens (including phenoxy) is 3. The molecule has 5 heterocycles. The molecule has 9 nitrogen and oxygen atoms in total. The molecule has 2 aromatic carbocycles. The Labute approximate surface area is 290 Å². The van der Waals surface area contributed by atoms with Gasteiger partial charge in [-0.05, 0) is 83.2 Å². The predicted octanol–water partition coefficient (Wildman–Crippen LogP) is 7.41. The lowest BCUT2D eigenvalue weighted by atomic mass is 9.92. The van der Waals surface area contributed by atoms with Crippen molar-refractivity contribution in [2.45, 2.75) is 72.0 Å². The maximum Gasteiger partial charge on any atom is 0.307 e. The average Bonchev–Trinajstić information content (AvgIpc) is 3.37. The van der Waals surface area contributed by atoms with Gasteiger partial charge >= 0.3 is 5.97 Å². The number of pyridine rings is 1. The van der Waals surface area contributed by atoms with E-state index in [0.29, 0.717) is 70.9 Å². The molecule has 0 aliphatic carbocycles. The van der Waals surface area contributed by atoms with Crippen LogP contribution >= 0.6 is 11.6 Å². The molecule has 2 N–H and O–H groups in total. The van der Waals surface area contributed by atoms with Crippen LogP contribution in [-0.2, 0) is 20.7 Å². The largest absolute Gasteiger partial charge is 0.490 e. The lowest BCUT2D eigenvalue weighted by Crippen LogP contribution is -2.45. The van der Waals surface area contributed by atoms with E-state index in [2.05, 4.69) is 11.8 Å². The molecule has 0 atom stereocenters. The minimum Gasteiger partial charge on any atom is -0.490 e.